The zero-order valence-corrected chi connectivity index (χ0v) is 10.4. The summed E-state index contributed by atoms with van der Waals surface area (Å²) in [5, 5.41) is 13.1. The molecule has 0 radical (unpaired) electrons. The van der Waals surface area contributed by atoms with Crippen LogP contribution < -0.4 is 5.32 Å². The van der Waals surface area contributed by atoms with E-state index in [1.54, 1.807) is 0 Å². The topological polar surface area (TPSA) is 69.6 Å². The molecule has 3 unspecified atom stereocenters. The quantitative estimate of drug-likeness (QED) is 0.658. The van der Waals surface area contributed by atoms with E-state index in [-0.39, 0.29) is 17.5 Å². The molecule has 0 spiro atoms. The molecular formula is C10H20N2O3S. The number of nitrogens with one attached hydrogen (secondary N) is 1. The maximum absolute atomic E-state index is 11.4. The molecule has 0 aromatic carbocycles. The van der Waals surface area contributed by atoms with Crippen molar-refractivity contribution in [1.82, 2.24) is 10.2 Å². The molecule has 2 fully saturated rings. The van der Waals surface area contributed by atoms with Gasteiger partial charge in [0.2, 0.25) is 0 Å². The molecule has 2 heterocycles. The average Bonchev–Trinajstić information content (AvgIpc) is 2.73. The van der Waals surface area contributed by atoms with E-state index in [1.165, 1.54) is 6.42 Å². The molecule has 2 aliphatic rings. The van der Waals surface area contributed by atoms with Crippen molar-refractivity contribution >= 4 is 9.84 Å². The first-order chi connectivity index (χ1) is 7.48. The lowest BCUT2D eigenvalue weighted by atomic mass is 10.1. The lowest BCUT2D eigenvalue weighted by Gasteiger charge is -2.28. The second-order valence-corrected chi connectivity index (χ2v) is 7.10. The predicted molar refractivity (Wildman–Crippen MR) is 62.1 cm³/mol. The first-order valence-corrected chi connectivity index (χ1v) is 7.62. The van der Waals surface area contributed by atoms with Crippen molar-refractivity contribution in [3.8, 4) is 0 Å². The van der Waals surface area contributed by atoms with Crippen LogP contribution in [-0.2, 0) is 9.84 Å². The van der Waals surface area contributed by atoms with Crippen molar-refractivity contribution in [2.45, 2.75) is 31.0 Å². The highest BCUT2D eigenvalue weighted by molar-refractivity contribution is 7.91. The molecular weight excluding hydrogens is 228 g/mol. The molecule has 0 aliphatic carbocycles. The number of hydrogen-bond donors (Lipinski definition) is 2. The predicted octanol–water partition coefficient (Wildman–Crippen LogP) is -1.17. The molecule has 0 amide bonds. The molecule has 0 bridgehead atoms. The Morgan fingerprint density at radius 3 is 2.69 bits per heavy atom. The van der Waals surface area contributed by atoms with Gasteiger partial charge in [0.25, 0.3) is 0 Å². The fraction of sp³-hybridized carbons (Fsp3) is 1.00. The van der Waals surface area contributed by atoms with E-state index in [9.17, 15) is 13.5 Å². The number of aliphatic hydroxyl groups excluding tert-OH is 1. The van der Waals surface area contributed by atoms with Gasteiger partial charge in [-0.05, 0) is 26.4 Å². The summed E-state index contributed by atoms with van der Waals surface area (Å²) in [6.07, 6.45) is 1.60. The molecule has 16 heavy (non-hydrogen) atoms. The SMILES string of the molecule is CN(CC1CCCN1)C1CS(=O)(=O)CC1O. The molecule has 94 valence electrons. The first kappa shape index (κ1) is 12.3. The second-order valence-electron chi connectivity index (χ2n) is 4.94. The Morgan fingerprint density at radius 1 is 1.44 bits per heavy atom. The largest absolute Gasteiger partial charge is 0.390 e. The van der Waals surface area contributed by atoms with Crippen molar-refractivity contribution in [3.63, 3.8) is 0 Å². The van der Waals surface area contributed by atoms with Crippen molar-refractivity contribution in [2.24, 2.45) is 0 Å². The minimum atomic E-state index is -3.04. The number of likely N-dealkylation sites (N-methyl/N-ethyl adjacent to an activating group) is 1. The van der Waals surface area contributed by atoms with Gasteiger partial charge in [-0.25, -0.2) is 8.42 Å². The molecule has 2 aliphatic heterocycles. The third-order valence-corrected chi connectivity index (χ3v) is 5.23. The van der Waals surface area contributed by atoms with E-state index in [0.29, 0.717) is 6.04 Å². The van der Waals surface area contributed by atoms with Gasteiger partial charge in [0.1, 0.15) is 0 Å². The third-order valence-electron chi connectivity index (χ3n) is 3.53. The normalized spacial score (nSPS) is 38.3. The fourth-order valence-electron chi connectivity index (χ4n) is 2.63. The molecule has 2 rings (SSSR count). The highest BCUT2D eigenvalue weighted by Gasteiger charge is 2.39. The summed E-state index contributed by atoms with van der Waals surface area (Å²) >= 11 is 0. The van der Waals surface area contributed by atoms with Crippen LogP contribution in [0.25, 0.3) is 0 Å². The Kier molecular flexibility index (Phi) is 3.53. The third kappa shape index (κ3) is 2.74. The zero-order valence-electron chi connectivity index (χ0n) is 9.59. The van der Waals surface area contributed by atoms with Crippen LogP contribution in [0.1, 0.15) is 12.8 Å². The highest BCUT2D eigenvalue weighted by atomic mass is 32.2. The van der Waals surface area contributed by atoms with E-state index in [4.69, 9.17) is 0 Å². The van der Waals surface area contributed by atoms with E-state index in [1.807, 2.05) is 11.9 Å². The van der Waals surface area contributed by atoms with Gasteiger partial charge in [-0.3, -0.25) is 4.90 Å². The number of sulfone groups is 1. The minimum absolute atomic E-state index is 0.0832. The number of hydrogen-bond acceptors (Lipinski definition) is 5. The maximum atomic E-state index is 11.4. The molecule has 0 saturated carbocycles. The summed E-state index contributed by atoms with van der Waals surface area (Å²) in [7, 11) is -1.14. The maximum Gasteiger partial charge on any atom is 0.154 e. The van der Waals surface area contributed by atoms with Crippen LogP contribution in [0, 0.1) is 0 Å². The summed E-state index contributed by atoms with van der Waals surface area (Å²) in [5.41, 5.74) is 0. The Morgan fingerprint density at radius 2 is 2.19 bits per heavy atom. The van der Waals surface area contributed by atoms with Crippen LogP contribution in [0.15, 0.2) is 0 Å². The molecule has 2 N–H and O–H groups in total. The van der Waals surface area contributed by atoms with Gasteiger partial charge < -0.3 is 10.4 Å². The van der Waals surface area contributed by atoms with E-state index < -0.39 is 15.9 Å². The Bertz CT molecular complexity index is 338. The smallest absolute Gasteiger partial charge is 0.154 e. The van der Waals surface area contributed by atoms with E-state index >= 15 is 0 Å². The van der Waals surface area contributed by atoms with E-state index in [2.05, 4.69) is 5.32 Å². The molecule has 0 aromatic rings. The molecule has 3 atom stereocenters. The van der Waals surface area contributed by atoms with Crippen molar-refractivity contribution in [1.29, 1.82) is 0 Å². The van der Waals surface area contributed by atoms with Gasteiger partial charge in [-0.2, -0.15) is 0 Å². The van der Waals surface area contributed by atoms with Crippen LogP contribution in [-0.4, -0.2) is 68.3 Å². The molecule has 0 aromatic heterocycles. The summed E-state index contributed by atoms with van der Waals surface area (Å²) in [6, 6.07) is 0.216. The van der Waals surface area contributed by atoms with Crippen molar-refractivity contribution < 1.29 is 13.5 Å². The van der Waals surface area contributed by atoms with Gasteiger partial charge in [0.05, 0.1) is 23.7 Å². The van der Waals surface area contributed by atoms with Gasteiger partial charge in [-0.1, -0.05) is 0 Å². The average molecular weight is 248 g/mol. The summed E-state index contributed by atoms with van der Waals surface area (Å²) in [5.74, 6) is 0.0114. The van der Waals surface area contributed by atoms with Crippen LogP contribution in [0.4, 0.5) is 0 Å². The van der Waals surface area contributed by atoms with Crippen molar-refractivity contribution in [3.05, 3.63) is 0 Å². The summed E-state index contributed by atoms with van der Waals surface area (Å²) in [4.78, 5) is 1.98. The standard InChI is InChI=1S/C10H20N2O3S/c1-12(5-8-3-2-4-11-8)9-6-16(14,15)7-10(9)13/h8-11,13H,2-7H2,1H3. The van der Waals surface area contributed by atoms with E-state index in [0.717, 1.165) is 19.5 Å². The lowest BCUT2D eigenvalue weighted by molar-refractivity contribution is 0.0949. The molecule has 6 heteroatoms. The van der Waals surface area contributed by atoms with Gasteiger partial charge >= 0.3 is 0 Å². The molecule has 5 nitrogen and oxygen atoms in total. The van der Waals surface area contributed by atoms with Crippen molar-refractivity contribution in [2.75, 3.05) is 31.6 Å². The van der Waals surface area contributed by atoms with Crippen LogP contribution in [0.5, 0.6) is 0 Å². The van der Waals surface area contributed by atoms with Crippen LogP contribution >= 0.6 is 0 Å². The number of aliphatic hydroxyl groups is 1. The van der Waals surface area contributed by atoms with Crippen LogP contribution in [0.2, 0.25) is 0 Å². The summed E-state index contributed by atoms with van der Waals surface area (Å²) < 4.78 is 22.8. The van der Waals surface area contributed by atoms with Gasteiger partial charge in [0.15, 0.2) is 9.84 Å². The Hall–Kier alpha value is -0.170. The molecule has 2 saturated heterocycles. The van der Waals surface area contributed by atoms with Crippen LogP contribution in [0.3, 0.4) is 0 Å². The first-order valence-electron chi connectivity index (χ1n) is 5.80. The lowest BCUT2D eigenvalue weighted by Crippen LogP contribution is -2.46. The second kappa shape index (κ2) is 4.60. The zero-order chi connectivity index (χ0) is 11.8. The Labute approximate surface area is 96.7 Å². The summed E-state index contributed by atoms with van der Waals surface area (Å²) in [6.45, 7) is 1.86. The fourth-order valence-corrected chi connectivity index (χ4v) is 4.50. The monoisotopic (exact) mass is 248 g/mol. The van der Waals surface area contributed by atoms with Gasteiger partial charge in [-0.15, -0.1) is 0 Å². The Balaban J connectivity index is 1.91. The minimum Gasteiger partial charge on any atom is -0.390 e. The number of nitrogens with zero attached hydrogens (tertiary/aromatic N) is 1. The van der Waals surface area contributed by atoms with Gasteiger partial charge in [0, 0.05) is 12.6 Å². The number of rotatable bonds is 3. The highest BCUT2D eigenvalue weighted by Crippen LogP contribution is 2.18.